The molecule has 0 spiro atoms. The lowest BCUT2D eigenvalue weighted by molar-refractivity contribution is -0.907. The number of morpholine rings is 1. The molecule has 1 aliphatic rings. The summed E-state index contributed by atoms with van der Waals surface area (Å²) in [6.07, 6.45) is 0.367. The molecule has 1 amide bonds. The molecule has 27 heavy (non-hydrogen) atoms. The highest BCUT2D eigenvalue weighted by molar-refractivity contribution is 5.78. The van der Waals surface area contributed by atoms with Crippen molar-refractivity contribution in [2.75, 3.05) is 26.7 Å². The Kier molecular flexibility index (Phi) is 6.48. The van der Waals surface area contributed by atoms with Gasteiger partial charge in [0.05, 0.1) is 13.2 Å². The number of quaternary nitrogens is 1. The molecule has 0 aliphatic carbocycles. The van der Waals surface area contributed by atoms with Crippen molar-refractivity contribution in [1.29, 1.82) is 0 Å². The minimum atomic E-state index is -0.181. The number of hydrogen-bond donors (Lipinski definition) is 2. The Morgan fingerprint density at radius 2 is 1.67 bits per heavy atom. The molecule has 1 saturated heterocycles. The number of benzene rings is 2. The van der Waals surface area contributed by atoms with Gasteiger partial charge in [0, 0.05) is 0 Å². The van der Waals surface area contributed by atoms with Crippen molar-refractivity contribution >= 4 is 5.91 Å². The highest BCUT2D eigenvalue weighted by Gasteiger charge is 2.28. The maximum absolute atomic E-state index is 12.8. The lowest BCUT2D eigenvalue weighted by Gasteiger charge is -2.32. The first-order valence-electron chi connectivity index (χ1n) is 9.52. The van der Waals surface area contributed by atoms with E-state index in [1.807, 2.05) is 54.6 Å². The number of methoxy groups -OCH3 is 1. The average molecular weight is 369 g/mol. The molecule has 3 atom stereocenters. The normalized spacial score (nSPS) is 23.4. The predicted octanol–water partition coefficient (Wildman–Crippen LogP) is 1.59. The van der Waals surface area contributed by atoms with Gasteiger partial charge in [-0.25, -0.2) is 0 Å². The van der Waals surface area contributed by atoms with Gasteiger partial charge < -0.3 is 19.7 Å². The van der Waals surface area contributed by atoms with Crippen molar-refractivity contribution in [3.63, 3.8) is 0 Å². The molecule has 1 aliphatic heterocycles. The Bertz CT molecular complexity index is 723. The first kappa shape index (κ1) is 19.4. The largest absolute Gasteiger partial charge is 0.497 e. The van der Waals surface area contributed by atoms with Crippen LogP contribution in [0.5, 0.6) is 5.75 Å². The first-order chi connectivity index (χ1) is 13.0. The zero-order valence-electron chi connectivity index (χ0n) is 16.3. The second-order valence-electron chi connectivity index (χ2n) is 7.28. The summed E-state index contributed by atoms with van der Waals surface area (Å²) in [5, 5.41) is 3.22. The molecule has 2 aromatic rings. The van der Waals surface area contributed by atoms with E-state index in [-0.39, 0.29) is 24.2 Å². The number of nitrogens with one attached hydrogen (secondary N) is 2. The fourth-order valence-corrected chi connectivity index (χ4v) is 3.77. The van der Waals surface area contributed by atoms with E-state index in [1.54, 1.807) is 7.11 Å². The van der Waals surface area contributed by atoms with Crippen LogP contribution in [0, 0.1) is 0 Å². The van der Waals surface area contributed by atoms with Crippen molar-refractivity contribution in [2.24, 2.45) is 0 Å². The first-order valence-corrected chi connectivity index (χ1v) is 9.52. The molecule has 0 saturated carbocycles. The van der Waals surface area contributed by atoms with E-state index < -0.39 is 0 Å². The third kappa shape index (κ3) is 5.31. The van der Waals surface area contributed by atoms with Crippen LogP contribution in [0.2, 0.25) is 0 Å². The molecule has 2 aromatic carbocycles. The predicted molar refractivity (Wildman–Crippen MR) is 105 cm³/mol. The standard InChI is InChI=1S/C22H28N2O3/c1-16-13-24(14-17(2)27-16)15-21(25)23-22(18-7-5-4-6-8-18)19-9-11-20(26-3)12-10-19/h4-12,16-17,22H,13-15H2,1-3H3,(H,23,25)/p+1/t16-,17-,22-/m0/s1. The monoisotopic (exact) mass is 369 g/mol. The fourth-order valence-electron chi connectivity index (χ4n) is 3.77. The molecule has 5 nitrogen and oxygen atoms in total. The van der Waals surface area contributed by atoms with Gasteiger partial charge in [0.15, 0.2) is 6.54 Å². The Morgan fingerprint density at radius 3 is 2.26 bits per heavy atom. The zero-order valence-corrected chi connectivity index (χ0v) is 16.3. The van der Waals surface area contributed by atoms with Crippen LogP contribution in [-0.4, -0.2) is 44.9 Å². The van der Waals surface area contributed by atoms with Crippen molar-refractivity contribution in [2.45, 2.75) is 32.1 Å². The SMILES string of the molecule is COc1ccc([C@@H](NC(=O)C[NH+]2C[C@H](C)O[C@@H](C)C2)c2ccccc2)cc1. The molecule has 1 fully saturated rings. The van der Waals surface area contributed by atoms with Gasteiger partial charge in [-0.2, -0.15) is 0 Å². The summed E-state index contributed by atoms with van der Waals surface area (Å²) in [6.45, 7) is 6.31. The molecule has 1 heterocycles. The molecule has 2 N–H and O–H groups in total. The van der Waals surface area contributed by atoms with Crippen LogP contribution in [-0.2, 0) is 9.53 Å². The van der Waals surface area contributed by atoms with Crippen molar-refractivity contribution in [3.05, 3.63) is 65.7 Å². The van der Waals surface area contributed by atoms with Crippen LogP contribution in [0.1, 0.15) is 31.0 Å². The fraction of sp³-hybridized carbons (Fsp3) is 0.409. The Balaban J connectivity index is 1.74. The topological polar surface area (TPSA) is 52.0 Å². The summed E-state index contributed by atoms with van der Waals surface area (Å²) in [7, 11) is 1.65. The van der Waals surface area contributed by atoms with Gasteiger partial charge in [-0.15, -0.1) is 0 Å². The minimum absolute atomic E-state index is 0.0518. The van der Waals surface area contributed by atoms with E-state index >= 15 is 0 Å². The average Bonchev–Trinajstić information content (AvgIpc) is 2.66. The highest BCUT2D eigenvalue weighted by atomic mass is 16.5. The van der Waals surface area contributed by atoms with Crippen molar-refractivity contribution in [1.82, 2.24) is 5.32 Å². The van der Waals surface area contributed by atoms with Crippen LogP contribution >= 0.6 is 0 Å². The summed E-state index contributed by atoms with van der Waals surface area (Å²) in [6, 6.07) is 17.7. The third-order valence-electron chi connectivity index (χ3n) is 4.91. The van der Waals surface area contributed by atoms with E-state index in [0.717, 1.165) is 30.0 Å². The van der Waals surface area contributed by atoms with Gasteiger partial charge in [0.1, 0.15) is 31.0 Å². The van der Waals surface area contributed by atoms with Crippen molar-refractivity contribution in [3.8, 4) is 5.75 Å². The number of ether oxygens (including phenoxy) is 2. The Labute approximate surface area is 161 Å². The molecule has 0 unspecified atom stereocenters. The van der Waals surface area contributed by atoms with Crippen LogP contribution in [0.25, 0.3) is 0 Å². The van der Waals surface area contributed by atoms with E-state index in [4.69, 9.17) is 9.47 Å². The molecule has 0 radical (unpaired) electrons. The van der Waals surface area contributed by atoms with Gasteiger partial charge in [-0.1, -0.05) is 42.5 Å². The number of hydrogen-bond acceptors (Lipinski definition) is 3. The summed E-state index contributed by atoms with van der Waals surface area (Å²) < 4.78 is 11.0. The lowest BCUT2D eigenvalue weighted by Crippen LogP contribution is -3.16. The molecule has 0 aromatic heterocycles. The smallest absolute Gasteiger partial charge is 0.275 e. The zero-order chi connectivity index (χ0) is 19.2. The van der Waals surface area contributed by atoms with Crippen LogP contribution < -0.4 is 15.0 Å². The van der Waals surface area contributed by atoms with E-state index in [0.29, 0.717) is 6.54 Å². The van der Waals surface area contributed by atoms with Gasteiger partial charge in [-0.05, 0) is 37.1 Å². The summed E-state index contributed by atoms with van der Waals surface area (Å²) in [5.41, 5.74) is 2.10. The molecule has 0 bridgehead atoms. The number of carbonyl (C=O) groups excluding carboxylic acids is 1. The van der Waals surface area contributed by atoms with E-state index in [9.17, 15) is 4.79 Å². The second kappa shape index (κ2) is 9.02. The Hall–Kier alpha value is -2.37. The number of rotatable bonds is 6. The van der Waals surface area contributed by atoms with Gasteiger partial charge in [0.2, 0.25) is 0 Å². The quantitative estimate of drug-likeness (QED) is 0.813. The Morgan fingerprint density at radius 1 is 1.07 bits per heavy atom. The summed E-state index contributed by atoms with van der Waals surface area (Å²) in [5.74, 6) is 0.855. The number of amides is 1. The van der Waals surface area contributed by atoms with Crippen molar-refractivity contribution < 1.29 is 19.2 Å². The van der Waals surface area contributed by atoms with Crippen LogP contribution in [0.15, 0.2) is 54.6 Å². The van der Waals surface area contributed by atoms with Crippen LogP contribution in [0.3, 0.4) is 0 Å². The van der Waals surface area contributed by atoms with Gasteiger partial charge in [0.25, 0.3) is 5.91 Å². The maximum atomic E-state index is 12.8. The lowest BCUT2D eigenvalue weighted by atomic mass is 9.98. The molecule has 5 heteroatoms. The minimum Gasteiger partial charge on any atom is -0.497 e. The molecule has 3 rings (SSSR count). The second-order valence-corrected chi connectivity index (χ2v) is 7.28. The van der Waals surface area contributed by atoms with Crippen LogP contribution in [0.4, 0.5) is 0 Å². The van der Waals surface area contributed by atoms with Gasteiger partial charge >= 0.3 is 0 Å². The summed E-state index contributed by atoms with van der Waals surface area (Å²) in [4.78, 5) is 14.1. The van der Waals surface area contributed by atoms with E-state index in [2.05, 4.69) is 19.2 Å². The van der Waals surface area contributed by atoms with E-state index in [1.165, 1.54) is 4.90 Å². The summed E-state index contributed by atoms with van der Waals surface area (Å²) >= 11 is 0. The maximum Gasteiger partial charge on any atom is 0.275 e. The molecular weight excluding hydrogens is 340 g/mol. The molecule has 144 valence electrons. The highest BCUT2D eigenvalue weighted by Crippen LogP contribution is 2.24. The number of carbonyl (C=O) groups is 1. The third-order valence-corrected chi connectivity index (χ3v) is 4.91. The molecular formula is C22H29N2O3+. The van der Waals surface area contributed by atoms with Gasteiger partial charge in [-0.3, -0.25) is 4.79 Å².